The zero-order valence-corrected chi connectivity index (χ0v) is 16.6. The van der Waals surface area contributed by atoms with Crippen molar-refractivity contribution in [2.24, 2.45) is 5.92 Å². The van der Waals surface area contributed by atoms with Gasteiger partial charge in [0.05, 0.1) is 23.6 Å². The predicted octanol–water partition coefficient (Wildman–Crippen LogP) is 3.02. The number of aromatic nitrogens is 3. The van der Waals surface area contributed by atoms with Crippen LogP contribution < -0.4 is 10.2 Å². The highest BCUT2D eigenvalue weighted by Gasteiger charge is 2.28. The summed E-state index contributed by atoms with van der Waals surface area (Å²) in [4.78, 5) is 26.6. The van der Waals surface area contributed by atoms with Gasteiger partial charge in [-0.15, -0.1) is 10.2 Å². The molecule has 1 aliphatic heterocycles. The number of benzene rings is 1. The summed E-state index contributed by atoms with van der Waals surface area (Å²) in [6, 6.07) is 10.3. The Morgan fingerprint density at radius 3 is 2.93 bits per heavy atom. The number of methoxy groups -OCH3 is 1. The summed E-state index contributed by atoms with van der Waals surface area (Å²) in [5, 5.41) is 11.9. The van der Waals surface area contributed by atoms with Crippen LogP contribution in [0.1, 0.15) is 23.2 Å². The van der Waals surface area contributed by atoms with E-state index in [9.17, 15) is 9.59 Å². The molecule has 9 heteroatoms. The standard InChI is InChI=1S/C20H20ClN5O3/c1-29-19(28)13-4-2-6-16(10-13)22-18(27)14-5-3-9-25(11-14)20-24-23-17-8-7-15(21)12-26(17)20/h2,4,6-8,10,12,14H,3,5,9,11H2,1H3,(H,22,27). The summed E-state index contributed by atoms with van der Waals surface area (Å²) in [5.74, 6) is -0.0735. The van der Waals surface area contributed by atoms with Crippen molar-refractivity contribution in [1.29, 1.82) is 0 Å². The predicted molar refractivity (Wildman–Crippen MR) is 109 cm³/mol. The number of pyridine rings is 1. The molecule has 0 spiro atoms. The van der Waals surface area contributed by atoms with E-state index in [0.29, 0.717) is 34.4 Å². The number of anilines is 2. The van der Waals surface area contributed by atoms with Crippen molar-refractivity contribution >= 4 is 40.8 Å². The Morgan fingerprint density at radius 2 is 2.10 bits per heavy atom. The van der Waals surface area contributed by atoms with Crippen LogP contribution in [0.3, 0.4) is 0 Å². The number of nitrogens with one attached hydrogen (secondary N) is 1. The number of carbonyl (C=O) groups excluding carboxylic acids is 2. The van der Waals surface area contributed by atoms with Crippen molar-refractivity contribution < 1.29 is 14.3 Å². The van der Waals surface area contributed by atoms with Gasteiger partial charge < -0.3 is 15.0 Å². The summed E-state index contributed by atoms with van der Waals surface area (Å²) < 4.78 is 6.56. The van der Waals surface area contributed by atoms with Crippen molar-refractivity contribution in [3.63, 3.8) is 0 Å². The topological polar surface area (TPSA) is 88.8 Å². The number of ether oxygens (including phenoxy) is 1. The fourth-order valence-electron chi connectivity index (χ4n) is 3.53. The maximum absolute atomic E-state index is 12.8. The zero-order chi connectivity index (χ0) is 20.4. The van der Waals surface area contributed by atoms with E-state index in [4.69, 9.17) is 16.3 Å². The molecule has 3 aromatic rings. The maximum atomic E-state index is 12.8. The average Bonchev–Trinajstić information content (AvgIpc) is 3.16. The van der Waals surface area contributed by atoms with Crippen molar-refractivity contribution in [1.82, 2.24) is 14.6 Å². The summed E-state index contributed by atoms with van der Waals surface area (Å²) in [5.41, 5.74) is 1.66. The zero-order valence-electron chi connectivity index (χ0n) is 15.8. The molecule has 1 N–H and O–H groups in total. The van der Waals surface area contributed by atoms with E-state index in [1.165, 1.54) is 7.11 Å². The van der Waals surface area contributed by atoms with Crippen LogP contribution in [0.15, 0.2) is 42.6 Å². The van der Waals surface area contributed by atoms with Gasteiger partial charge in [-0.1, -0.05) is 17.7 Å². The Bertz CT molecular complexity index is 1070. The first-order valence-corrected chi connectivity index (χ1v) is 9.67. The minimum absolute atomic E-state index is 0.0939. The summed E-state index contributed by atoms with van der Waals surface area (Å²) in [6.07, 6.45) is 3.40. The second kappa shape index (κ2) is 8.08. The highest BCUT2D eigenvalue weighted by Crippen LogP contribution is 2.25. The lowest BCUT2D eigenvalue weighted by atomic mass is 9.97. The molecule has 1 unspecified atom stereocenters. The molecule has 3 heterocycles. The van der Waals surface area contributed by atoms with Gasteiger partial charge in [0.15, 0.2) is 5.65 Å². The van der Waals surface area contributed by atoms with Crippen molar-refractivity contribution in [2.75, 3.05) is 30.4 Å². The number of hydrogen-bond acceptors (Lipinski definition) is 6. The number of amides is 1. The molecule has 0 saturated carbocycles. The van der Waals surface area contributed by atoms with E-state index < -0.39 is 5.97 Å². The third-order valence-corrected chi connectivity index (χ3v) is 5.20. The van der Waals surface area contributed by atoms with Gasteiger partial charge in [-0.3, -0.25) is 9.20 Å². The smallest absolute Gasteiger partial charge is 0.337 e. The lowest BCUT2D eigenvalue weighted by Crippen LogP contribution is -2.41. The van der Waals surface area contributed by atoms with Crippen molar-refractivity contribution in [2.45, 2.75) is 12.8 Å². The SMILES string of the molecule is COC(=O)c1cccc(NC(=O)C2CCCN(c3nnc4ccc(Cl)cn34)C2)c1. The number of carbonyl (C=O) groups is 2. The molecule has 1 aromatic carbocycles. The third kappa shape index (κ3) is 4.02. The van der Waals surface area contributed by atoms with E-state index in [0.717, 1.165) is 19.4 Å². The van der Waals surface area contributed by atoms with Gasteiger partial charge in [-0.2, -0.15) is 0 Å². The Morgan fingerprint density at radius 1 is 1.24 bits per heavy atom. The first-order valence-electron chi connectivity index (χ1n) is 9.29. The second-order valence-electron chi connectivity index (χ2n) is 6.92. The number of fused-ring (bicyclic) bond motifs is 1. The van der Waals surface area contributed by atoms with Gasteiger partial charge in [0, 0.05) is 25.0 Å². The molecule has 1 saturated heterocycles. The molecule has 0 radical (unpaired) electrons. The van der Waals surface area contributed by atoms with Gasteiger partial charge in [-0.25, -0.2) is 4.79 Å². The fourth-order valence-corrected chi connectivity index (χ4v) is 3.69. The molecule has 1 amide bonds. The first kappa shape index (κ1) is 19.2. The molecule has 0 aliphatic carbocycles. The summed E-state index contributed by atoms with van der Waals surface area (Å²) in [7, 11) is 1.32. The highest BCUT2D eigenvalue weighted by molar-refractivity contribution is 6.30. The normalized spacial score (nSPS) is 16.6. The van der Waals surface area contributed by atoms with E-state index >= 15 is 0 Å². The largest absolute Gasteiger partial charge is 0.465 e. The molecule has 4 rings (SSSR count). The summed E-state index contributed by atoms with van der Waals surface area (Å²) >= 11 is 6.11. The van der Waals surface area contributed by atoms with Gasteiger partial charge in [0.25, 0.3) is 0 Å². The molecular weight excluding hydrogens is 394 g/mol. The maximum Gasteiger partial charge on any atom is 0.337 e. The molecular formula is C20H20ClN5O3. The lowest BCUT2D eigenvalue weighted by molar-refractivity contribution is -0.120. The lowest BCUT2D eigenvalue weighted by Gasteiger charge is -2.32. The molecule has 1 atom stereocenters. The molecule has 1 aliphatic rings. The second-order valence-corrected chi connectivity index (χ2v) is 7.36. The molecule has 2 aromatic heterocycles. The Balaban J connectivity index is 1.49. The third-order valence-electron chi connectivity index (χ3n) is 4.97. The number of halogens is 1. The van der Waals surface area contributed by atoms with Gasteiger partial charge in [0.1, 0.15) is 0 Å². The van der Waals surface area contributed by atoms with Crippen LogP contribution in [0.5, 0.6) is 0 Å². The number of nitrogens with zero attached hydrogens (tertiary/aromatic N) is 4. The monoisotopic (exact) mass is 413 g/mol. The van der Waals surface area contributed by atoms with E-state index in [1.54, 1.807) is 42.6 Å². The molecule has 1 fully saturated rings. The first-order chi connectivity index (χ1) is 14.0. The number of rotatable bonds is 4. The Kier molecular flexibility index (Phi) is 5.35. The summed E-state index contributed by atoms with van der Waals surface area (Å²) in [6.45, 7) is 1.31. The van der Waals surface area contributed by atoms with Crippen LogP contribution in [0.2, 0.25) is 5.02 Å². The highest BCUT2D eigenvalue weighted by atomic mass is 35.5. The fraction of sp³-hybridized carbons (Fsp3) is 0.300. The van der Waals surface area contributed by atoms with Gasteiger partial charge in [0.2, 0.25) is 11.9 Å². The molecule has 0 bridgehead atoms. The van der Waals surface area contributed by atoms with Crippen molar-refractivity contribution in [3.8, 4) is 0 Å². The van der Waals surface area contributed by atoms with Crippen LogP contribution >= 0.6 is 11.6 Å². The molecule has 8 nitrogen and oxygen atoms in total. The van der Waals surface area contributed by atoms with Gasteiger partial charge in [-0.05, 0) is 43.2 Å². The Hall–Kier alpha value is -3.13. The number of hydrogen-bond donors (Lipinski definition) is 1. The Labute approximate surface area is 172 Å². The minimum atomic E-state index is -0.442. The van der Waals surface area contributed by atoms with Crippen LogP contribution in [-0.2, 0) is 9.53 Å². The van der Waals surface area contributed by atoms with E-state index in [-0.39, 0.29) is 11.8 Å². The van der Waals surface area contributed by atoms with Crippen LogP contribution in [-0.4, -0.2) is 46.7 Å². The quantitative estimate of drug-likeness (QED) is 0.661. The van der Waals surface area contributed by atoms with E-state index in [1.807, 2.05) is 4.40 Å². The number of esters is 1. The van der Waals surface area contributed by atoms with Crippen molar-refractivity contribution in [3.05, 3.63) is 53.2 Å². The van der Waals surface area contributed by atoms with Crippen LogP contribution in [0, 0.1) is 5.92 Å². The van der Waals surface area contributed by atoms with E-state index in [2.05, 4.69) is 20.4 Å². The van der Waals surface area contributed by atoms with Crippen LogP contribution in [0.4, 0.5) is 11.6 Å². The van der Waals surface area contributed by atoms with Crippen LogP contribution in [0.25, 0.3) is 5.65 Å². The average molecular weight is 414 g/mol. The molecule has 29 heavy (non-hydrogen) atoms. The minimum Gasteiger partial charge on any atom is -0.465 e. The molecule has 150 valence electrons. The number of piperidine rings is 1. The van der Waals surface area contributed by atoms with Gasteiger partial charge >= 0.3 is 5.97 Å².